The van der Waals surface area contributed by atoms with E-state index < -0.39 is 0 Å². The summed E-state index contributed by atoms with van der Waals surface area (Å²) in [7, 11) is 0. The molecule has 0 heterocycles. The summed E-state index contributed by atoms with van der Waals surface area (Å²) >= 11 is 10.2. The van der Waals surface area contributed by atoms with Gasteiger partial charge in [-0.25, -0.2) is 0 Å². The minimum Gasteiger partial charge on any atom is -0.310 e. The molecule has 0 radical (unpaired) electrons. The second-order valence-electron chi connectivity index (χ2n) is 10.2. The van der Waals surface area contributed by atoms with E-state index in [1.807, 2.05) is 18.2 Å². The van der Waals surface area contributed by atoms with Crippen LogP contribution >= 0.6 is 27.5 Å². The molecule has 0 spiro atoms. The van der Waals surface area contributed by atoms with Crippen LogP contribution in [-0.4, -0.2) is 0 Å². The van der Waals surface area contributed by atoms with Crippen molar-refractivity contribution in [1.82, 2.24) is 0 Å². The first-order chi connectivity index (χ1) is 17.8. The number of halogens is 2. The lowest BCUT2D eigenvalue weighted by Crippen LogP contribution is -2.13. The summed E-state index contributed by atoms with van der Waals surface area (Å²) in [6, 6.07) is 42.6. The van der Waals surface area contributed by atoms with Gasteiger partial charge in [0.05, 0.1) is 5.69 Å². The molecule has 0 bridgehead atoms. The number of nitrogens with zero attached hydrogens (tertiary/aromatic N) is 1. The summed E-state index contributed by atoms with van der Waals surface area (Å²) < 4.78 is 0.938. The van der Waals surface area contributed by atoms with Crippen LogP contribution in [-0.2, 0) is 5.41 Å². The fourth-order valence-corrected chi connectivity index (χ4v) is 5.65. The third kappa shape index (κ3) is 5.51. The molecule has 0 aliphatic heterocycles. The average molecular weight is 567 g/mol. The maximum absolute atomic E-state index is 6.53. The lowest BCUT2D eigenvalue weighted by Gasteiger charge is -2.28. The van der Waals surface area contributed by atoms with Gasteiger partial charge in [-0.15, -0.1) is 0 Å². The Bertz CT molecular complexity index is 1500. The average Bonchev–Trinajstić information content (AvgIpc) is 2.89. The molecule has 0 saturated heterocycles. The summed E-state index contributed by atoms with van der Waals surface area (Å²) in [6.07, 6.45) is 0. The molecule has 1 nitrogen and oxygen atoms in total. The highest BCUT2D eigenvalue weighted by Crippen LogP contribution is 2.43. The molecule has 5 rings (SSSR count). The van der Waals surface area contributed by atoms with Crippen LogP contribution in [0.1, 0.15) is 26.3 Å². The number of anilines is 3. The molecule has 0 unspecified atom stereocenters. The van der Waals surface area contributed by atoms with E-state index in [-0.39, 0.29) is 5.41 Å². The normalized spacial score (nSPS) is 11.4. The van der Waals surface area contributed by atoms with Crippen LogP contribution < -0.4 is 4.90 Å². The second kappa shape index (κ2) is 10.6. The molecule has 0 atom stereocenters. The summed E-state index contributed by atoms with van der Waals surface area (Å²) in [4.78, 5) is 2.28. The van der Waals surface area contributed by atoms with E-state index in [4.69, 9.17) is 11.6 Å². The molecule has 5 aromatic rings. The lowest BCUT2D eigenvalue weighted by atomic mass is 9.82. The zero-order chi connectivity index (χ0) is 26.0. The van der Waals surface area contributed by atoms with Crippen LogP contribution in [0.25, 0.3) is 22.3 Å². The molecule has 0 amide bonds. The third-order valence-corrected chi connectivity index (χ3v) is 7.18. The van der Waals surface area contributed by atoms with E-state index in [0.29, 0.717) is 5.02 Å². The standard InChI is InChI=1S/C34H29BrClN/c1-34(2,3)32-15-9-7-13-30(32)25-17-19-28(20-18-25)37(29-22-26(35)21-27(36)23-29)33-16-10-8-14-31(33)24-11-5-4-6-12-24/h4-23H,1-3H3. The van der Waals surface area contributed by atoms with Crippen LogP contribution in [0.15, 0.2) is 126 Å². The highest BCUT2D eigenvalue weighted by molar-refractivity contribution is 9.10. The van der Waals surface area contributed by atoms with Gasteiger partial charge in [0, 0.05) is 26.4 Å². The predicted molar refractivity (Wildman–Crippen MR) is 163 cm³/mol. The van der Waals surface area contributed by atoms with Gasteiger partial charge in [-0.2, -0.15) is 0 Å². The van der Waals surface area contributed by atoms with E-state index in [2.05, 4.69) is 145 Å². The monoisotopic (exact) mass is 565 g/mol. The zero-order valence-electron chi connectivity index (χ0n) is 21.3. The van der Waals surface area contributed by atoms with Crippen molar-refractivity contribution in [2.75, 3.05) is 4.90 Å². The first-order valence-corrected chi connectivity index (χ1v) is 13.6. The van der Waals surface area contributed by atoms with Crippen molar-refractivity contribution in [3.05, 3.63) is 136 Å². The maximum Gasteiger partial charge on any atom is 0.0540 e. The highest BCUT2D eigenvalue weighted by Gasteiger charge is 2.20. The van der Waals surface area contributed by atoms with Crippen LogP contribution in [0, 0.1) is 0 Å². The topological polar surface area (TPSA) is 3.24 Å². The van der Waals surface area contributed by atoms with Gasteiger partial charge in [0.2, 0.25) is 0 Å². The number of hydrogen-bond donors (Lipinski definition) is 0. The number of hydrogen-bond acceptors (Lipinski definition) is 1. The van der Waals surface area contributed by atoms with Crippen LogP contribution in [0.2, 0.25) is 5.02 Å². The van der Waals surface area contributed by atoms with Crippen LogP contribution in [0.5, 0.6) is 0 Å². The Labute approximate surface area is 233 Å². The molecule has 0 aliphatic carbocycles. The fourth-order valence-electron chi connectivity index (χ4n) is 4.80. The quantitative estimate of drug-likeness (QED) is 0.204. The minimum absolute atomic E-state index is 0.0585. The minimum atomic E-state index is 0.0585. The van der Waals surface area contributed by atoms with Gasteiger partial charge in [-0.1, -0.05) is 133 Å². The molecule has 5 aromatic carbocycles. The van der Waals surface area contributed by atoms with Crippen molar-refractivity contribution in [1.29, 1.82) is 0 Å². The third-order valence-electron chi connectivity index (χ3n) is 6.51. The van der Waals surface area contributed by atoms with E-state index in [9.17, 15) is 0 Å². The molecular formula is C34H29BrClN. The predicted octanol–water partition coefficient (Wildman–Crippen LogP) is 11.2. The Hall–Kier alpha value is -3.33. The Morgan fingerprint density at radius 3 is 1.86 bits per heavy atom. The van der Waals surface area contributed by atoms with Gasteiger partial charge in [0.15, 0.2) is 0 Å². The van der Waals surface area contributed by atoms with Crippen molar-refractivity contribution in [3.8, 4) is 22.3 Å². The molecule has 3 heteroatoms. The van der Waals surface area contributed by atoms with Gasteiger partial charge < -0.3 is 4.90 Å². The van der Waals surface area contributed by atoms with Crippen molar-refractivity contribution in [2.45, 2.75) is 26.2 Å². The Kier molecular flexibility index (Phi) is 7.24. The van der Waals surface area contributed by atoms with E-state index in [1.54, 1.807) is 0 Å². The SMILES string of the molecule is CC(C)(C)c1ccccc1-c1ccc(N(c2cc(Cl)cc(Br)c2)c2ccccc2-c2ccccc2)cc1. The molecule has 37 heavy (non-hydrogen) atoms. The lowest BCUT2D eigenvalue weighted by molar-refractivity contribution is 0.592. The van der Waals surface area contributed by atoms with Crippen molar-refractivity contribution in [3.63, 3.8) is 0 Å². The number of rotatable bonds is 5. The molecule has 0 N–H and O–H groups in total. The van der Waals surface area contributed by atoms with Gasteiger partial charge in [0.25, 0.3) is 0 Å². The Balaban J connectivity index is 1.67. The first kappa shape index (κ1) is 25.3. The molecule has 0 aromatic heterocycles. The summed E-state index contributed by atoms with van der Waals surface area (Å²) in [6.45, 7) is 6.79. The Morgan fingerprint density at radius 1 is 0.595 bits per heavy atom. The maximum atomic E-state index is 6.53. The Morgan fingerprint density at radius 2 is 1.19 bits per heavy atom. The molecular weight excluding hydrogens is 538 g/mol. The van der Waals surface area contributed by atoms with Crippen LogP contribution in [0.4, 0.5) is 17.1 Å². The molecule has 0 aliphatic rings. The van der Waals surface area contributed by atoms with Crippen molar-refractivity contribution < 1.29 is 0 Å². The van der Waals surface area contributed by atoms with Crippen LogP contribution in [0.3, 0.4) is 0 Å². The largest absolute Gasteiger partial charge is 0.310 e. The zero-order valence-corrected chi connectivity index (χ0v) is 23.6. The van der Waals surface area contributed by atoms with Gasteiger partial charge in [-0.3, -0.25) is 0 Å². The van der Waals surface area contributed by atoms with E-state index in [0.717, 1.165) is 27.1 Å². The van der Waals surface area contributed by atoms with E-state index >= 15 is 0 Å². The van der Waals surface area contributed by atoms with Crippen molar-refractivity contribution in [2.24, 2.45) is 0 Å². The molecule has 184 valence electrons. The van der Waals surface area contributed by atoms with Crippen molar-refractivity contribution >= 4 is 44.6 Å². The van der Waals surface area contributed by atoms with E-state index in [1.165, 1.54) is 22.3 Å². The molecule has 0 fully saturated rings. The summed E-state index contributed by atoms with van der Waals surface area (Å²) in [5, 5.41) is 0.683. The highest BCUT2D eigenvalue weighted by atomic mass is 79.9. The summed E-state index contributed by atoms with van der Waals surface area (Å²) in [5.41, 5.74) is 9.34. The fraction of sp³-hybridized carbons (Fsp3) is 0.118. The summed E-state index contributed by atoms with van der Waals surface area (Å²) in [5.74, 6) is 0. The van der Waals surface area contributed by atoms with Gasteiger partial charge in [0.1, 0.15) is 0 Å². The second-order valence-corrected chi connectivity index (χ2v) is 11.5. The number of para-hydroxylation sites is 1. The van der Waals surface area contributed by atoms with Gasteiger partial charge >= 0.3 is 0 Å². The first-order valence-electron chi connectivity index (χ1n) is 12.4. The molecule has 0 saturated carbocycles. The van der Waals surface area contributed by atoms with Gasteiger partial charge in [-0.05, 0) is 64.1 Å². The number of benzene rings is 5. The smallest absolute Gasteiger partial charge is 0.0540 e.